The van der Waals surface area contributed by atoms with E-state index in [1.807, 2.05) is 6.20 Å². The molecule has 1 saturated carbocycles. The average Bonchev–Trinajstić information content (AvgIpc) is 2.95. The topological polar surface area (TPSA) is 29.9 Å². The highest BCUT2D eigenvalue weighted by Gasteiger charge is 2.32. The maximum atomic E-state index is 4.56. The van der Waals surface area contributed by atoms with Crippen molar-refractivity contribution in [3.63, 3.8) is 0 Å². The van der Waals surface area contributed by atoms with Crippen LogP contribution >= 0.6 is 0 Å². The Labute approximate surface area is 130 Å². The molecule has 21 heavy (non-hydrogen) atoms. The average molecular weight is 291 g/mol. The SMILES string of the molecule is CCCC1CCC(CNCC)C(c2ccnn2CCC)C1. The van der Waals surface area contributed by atoms with Gasteiger partial charge in [0.25, 0.3) is 0 Å². The number of hydrogen-bond acceptors (Lipinski definition) is 2. The summed E-state index contributed by atoms with van der Waals surface area (Å²) in [5.74, 6) is 2.40. The second kappa shape index (κ2) is 8.57. The molecule has 0 aliphatic heterocycles. The fourth-order valence-corrected chi connectivity index (χ4v) is 3.98. The smallest absolute Gasteiger partial charge is 0.0492 e. The first kappa shape index (κ1) is 16.5. The van der Waals surface area contributed by atoms with Crippen LogP contribution in [0.4, 0.5) is 0 Å². The van der Waals surface area contributed by atoms with Gasteiger partial charge in [0.05, 0.1) is 0 Å². The summed E-state index contributed by atoms with van der Waals surface area (Å²) in [4.78, 5) is 0. The van der Waals surface area contributed by atoms with Gasteiger partial charge in [-0.05, 0) is 50.3 Å². The lowest BCUT2D eigenvalue weighted by Gasteiger charge is -2.36. The van der Waals surface area contributed by atoms with Crippen LogP contribution in [-0.2, 0) is 6.54 Å². The number of hydrogen-bond donors (Lipinski definition) is 1. The molecule has 1 aromatic heterocycles. The summed E-state index contributed by atoms with van der Waals surface area (Å²) in [5, 5.41) is 8.14. The molecule has 3 heteroatoms. The molecule has 120 valence electrons. The monoisotopic (exact) mass is 291 g/mol. The van der Waals surface area contributed by atoms with Crippen LogP contribution < -0.4 is 5.32 Å². The fourth-order valence-electron chi connectivity index (χ4n) is 3.98. The molecule has 1 aromatic rings. The van der Waals surface area contributed by atoms with Gasteiger partial charge in [0, 0.05) is 24.4 Å². The van der Waals surface area contributed by atoms with Crippen LogP contribution in [-0.4, -0.2) is 22.9 Å². The van der Waals surface area contributed by atoms with Crippen LogP contribution in [0.5, 0.6) is 0 Å². The first-order chi connectivity index (χ1) is 10.3. The Hall–Kier alpha value is -0.830. The summed E-state index contributed by atoms with van der Waals surface area (Å²) in [5.41, 5.74) is 1.49. The quantitative estimate of drug-likeness (QED) is 0.778. The molecular weight excluding hydrogens is 258 g/mol. The Kier molecular flexibility index (Phi) is 6.75. The molecule has 1 fully saturated rings. The van der Waals surface area contributed by atoms with Gasteiger partial charge < -0.3 is 5.32 Å². The van der Waals surface area contributed by atoms with Crippen LogP contribution in [0.1, 0.15) is 70.9 Å². The molecule has 1 aliphatic carbocycles. The van der Waals surface area contributed by atoms with E-state index in [1.165, 1.54) is 37.8 Å². The molecule has 0 aromatic carbocycles. The Morgan fingerprint density at radius 2 is 2.10 bits per heavy atom. The van der Waals surface area contributed by atoms with Crippen molar-refractivity contribution in [2.45, 2.75) is 71.8 Å². The third-order valence-electron chi connectivity index (χ3n) is 5.02. The van der Waals surface area contributed by atoms with E-state index in [0.717, 1.165) is 37.9 Å². The minimum Gasteiger partial charge on any atom is -0.317 e. The van der Waals surface area contributed by atoms with Crippen molar-refractivity contribution in [1.29, 1.82) is 0 Å². The molecule has 1 N–H and O–H groups in total. The highest BCUT2D eigenvalue weighted by atomic mass is 15.3. The fraction of sp³-hybridized carbons (Fsp3) is 0.833. The van der Waals surface area contributed by atoms with Crippen molar-refractivity contribution in [2.75, 3.05) is 13.1 Å². The van der Waals surface area contributed by atoms with Gasteiger partial charge in [0.15, 0.2) is 0 Å². The highest BCUT2D eigenvalue weighted by Crippen LogP contribution is 2.41. The van der Waals surface area contributed by atoms with Crippen LogP contribution in [0, 0.1) is 11.8 Å². The highest BCUT2D eigenvalue weighted by molar-refractivity contribution is 5.11. The van der Waals surface area contributed by atoms with Gasteiger partial charge in [-0.25, -0.2) is 0 Å². The second-order valence-electron chi connectivity index (χ2n) is 6.62. The van der Waals surface area contributed by atoms with Crippen molar-refractivity contribution in [3.05, 3.63) is 18.0 Å². The minimum absolute atomic E-state index is 0.698. The minimum atomic E-state index is 0.698. The Morgan fingerprint density at radius 1 is 1.24 bits per heavy atom. The maximum absolute atomic E-state index is 4.56. The standard InChI is InChI=1S/C18H33N3/c1-4-7-15-8-9-16(14-19-6-3)17(13-15)18-10-11-20-21(18)12-5-2/h10-11,15-17,19H,4-9,12-14H2,1-3H3. The van der Waals surface area contributed by atoms with Crippen molar-refractivity contribution in [1.82, 2.24) is 15.1 Å². The first-order valence-corrected chi connectivity index (χ1v) is 9.02. The lowest BCUT2D eigenvalue weighted by molar-refractivity contribution is 0.213. The summed E-state index contributed by atoms with van der Waals surface area (Å²) >= 11 is 0. The van der Waals surface area contributed by atoms with E-state index in [2.05, 4.69) is 41.9 Å². The second-order valence-corrected chi connectivity index (χ2v) is 6.62. The molecule has 2 rings (SSSR count). The Balaban J connectivity index is 2.13. The molecule has 0 saturated heterocycles. The van der Waals surface area contributed by atoms with E-state index >= 15 is 0 Å². The summed E-state index contributed by atoms with van der Waals surface area (Å²) < 4.78 is 2.26. The van der Waals surface area contributed by atoms with E-state index in [9.17, 15) is 0 Å². The van der Waals surface area contributed by atoms with Crippen LogP contribution in [0.3, 0.4) is 0 Å². The van der Waals surface area contributed by atoms with Gasteiger partial charge >= 0.3 is 0 Å². The number of nitrogens with one attached hydrogen (secondary N) is 1. The molecule has 3 atom stereocenters. The zero-order valence-corrected chi connectivity index (χ0v) is 14.1. The lowest BCUT2D eigenvalue weighted by Crippen LogP contribution is -2.33. The zero-order valence-electron chi connectivity index (χ0n) is 14.1. The van der Waals surface area contributed by atoms with Gasteiger partial charge in [0.2, 0.25) is 0 Å². The number of aryl methyl sites for hydroxylation is 1. The predicted molar refractivity (Wildman–Crippen MR) is 89.5 cm³/mol. The molecule has 3 nitrogen and oxygen atoms in total. The van der Waals surface area contributed by atoms with E-state index in [-0.39, 0.29) is 0 Å². The third-order valence-corrected chi connectivity index (χ3v) is 5.02. The van der Waals surface area contributed by atoms with E-state index < -0.39 is 0 Å². The maximum Gasteiger partial charge on any atom is 0.0492 e. The molecule has 0 spiro atoms. The zero-order chi connectivity index (χ0) is 15.1. The molecule has 0 bridgehead atoms. The molecule has 0 amide bonds. The van der Waals surface area contributed by atoms with E-state index in [4.69, 9.17) is 0 Å². The van der Waals surface area contributed by atoms with E-state index in [0.29, 0.717) is 5.92 Å². The molecule has 3 unspecified atom stereocenters. The third kappa shape index (κ3) is 4.32. The van der Waals surface area contributed by atoms with Crippen molar-refractivity contribution >= 4 is 0 Å². The number of rotatable bonds is 8. The van der Waals surface area contributed by atoms with Gasteiger partial charge in [-0.3, -0.25) is 4.68 Å². The summed E-state index contributed by atoms with van der Waals surface area (Å²) in [6, 6.07) is 2.27. The normalized spacial score (nSPS) is 26.1. The van der Waals surface area contributed by atoms with Crippen LogP contribution in [0.15, 0.2) is 12.3 Å². The van der Waals surface area contributed by atoms with Gasteiger partial charge in [-0.15, -0.1) is 0 Å². The molecule has 0 radical (unpaired) electrons. The van der Waals surface area contributed by atoms with Crippen LogP contribution in [0.2, 0.25) is 0 Å². The largest absolute Gasteiger partial charge is 0.317 e. The van der Waals surface area contributed by atoms with Gasteiger partial charge in [-0.1, -0.05) is 40.0 Å². The van der Waals surface area contributed by atoms with Crippen LogP contribution in [0.25, 0.3) is 0 Å². The van der Waals surface area contributed by atoms with E-state index in [1.54, 1.807) is 0 Å². The Morgan fingerprint density at radius 3 is 2.81 bits per heavy atom. The molecule has 1 heterocycles. The Bertz CT molecular complexity index is 399. The number of nitrogens with zero attached hydrogens (tertiary/aromatic N) is 2. The molecule has 1 aliphatic rings. The summed E-state index contributed by atoms with van der Waals surface area (Å²) in [6.07, 6.45) is 10.0. The van der Waals surface area contributed by atoms with Gasteiger partial charge in [0.1, 0.15) is 0 Å². The first-order valence-electron chi connectivity index (χ1n) is 9.02. The van der Waals surface area contributed by atoms with Gasteiger partial charge in [-0.2, -0.15) is 5.10 Å². The molecular formula is C18H33N3. The predicted octanol–water partition coefficient (Wildman–Crippen LogP) is 4.20. The summed E-state index contributed by atoms with van der Waals surface area (Å²) in [7, 11) is 0. The number of aromatic nitrogens is 2. The van der Waals surface area contributed by atoms with Crippen molar-refractivity contribution in [2.24, 2.45) is 11.8 Å². The summed E-state index contributed by atoms with van der Waals surface area (Å²) in [6.45, 7) is 10.1. The van der Waals surface area contributed by atoms with Crippen molar-refractivity contribution in [3.8, 4) is 0 Å². The lowest BCUT2D eigenvalue weighted by atomic mass is 9.71. The van der Waals surface area contributed by atoms with Crippen molar-refractivity contribution < 1.29 is 0 Å².